The average Bonchev–Trinajstić information content (AvgIpc) is 3.21. The van der Waals surface area contributed by atoms with Crippen molar-refractivity contribution in [2.75, 3.05) is 11.1 Å². The number of imidazole rings is 1. The number of nitrogens with one attached hydrogen (secondary N) is 2. The maximum absolute atomic E-state index is 13.7. The second kappa shape index (κ2) is 8.02. The van der Waals surface area contributed by atoms with Crippen LogP contribution in [0.4, 0.5) is 11.8 Å². The monoisotopic (exact) mass is 480 g/mol. The van der Waals surface area contributed by atoms with E-state index >= 15 is 0 Å². The summed E-state index contributed by atoms with van der Waals surface area (Å²) in [4.78, 5) is 34.2. The van der Waals surface area contributed by atoms with Crippen molar-refractivity contribution in [2.24, 2.45) is 0 Å². The first-order chi connectivity index (χ1) is 15.8. The van der Waals surface area contributed by atoms with Crippen LogP contribution in [0.2, 0.25) is 10.0 Å². The van der Waals surface area contributed by atoms with Crippen molar-refractivity contribution in [1.29, 1.82) is 0 Å². The molecule has 0 fully saturated rings. The zero-order valence-electron chi connectivity index (χ0n) is 17.6. The molecule has 0 spiro atoms. The Hall–Kier alpha value is -3.69. The van der Waals surface area contributed by atoms with Gasteiger partial charge in [0.05, 0.1) is 29.0 Å². The highest BCUT2D eigenvalue weighted by molar-refractivity contribution is 6.34. The van der Waals surface area contributed by atoms with Gasteiger partial charge in [-0.3, -0.25) is 9.36 Å². The van der Waals surface area contributed by atoms with Gasteiger partial charge in [0, 0.05) is 10.0 Å². The lowest BCUT2D eigenvalue weighted by molar-refractivity contribution is 0.731. The summed E-state index contributed by atoms with van der Waals surface area (Å²) in [6.07, 6.45) is 1.51. The van der Waals surface area contributed by atoms with Gasteiger partial charge in [0.25, 0.3) is 5.56 Å². The Kier molecular flexibility index (Phi) is 5.15. The molecule has 3 heterocycles. The summed E-state index contributed by atoms with van der Waals surface area (Å²) in [5, 5.41) is 4.60. The normalized spacial score (nSPS) is 12.4. The van der Waals surface area contributed by atoms with Crippen LogP contribution >= 0.6 is 23.2 Å². The number of hydrogen-bond acceptors (Lipinski definition) is 7. The van der Waals surface area contributed by atoms with E-state index in [1.54, 1.807) is 18.2 Å². The molecule has 0 aliphatic carbocycles. The molecule has 0 saturated carbocycles. The molecular weight excluding hydrogens is 463 g/mol. The van der Waals surface area contributed by atoms with Crippen LogP contribution in [0.1, 0.15) is 24.4 Å². The van der Waals surface area contributed by atoms with Gasteiger partial charge in [0.1, 0.15) is 11.3 Å². The van der Waals surface area contributed by atoms with Gasteiger partial charge in [0.15, 0.2) is 11.5 Å². The van der Waals surface area contributed by atoms with Crippen molar-refractivity contribution < 1.29 is 0 Å². The van der Waals surface area contributed by atoms with Gasteiger partial charge in [-0.15, -0.1) is 0 Å². The van der Waals surface area contributed by atoms with Crippen LogP contribution < -0.4 is 16.6 Å². The van der Waals surface area contributed by atoms with E-state index in [0.29, 0.717) is 49.4 Å². The second-order valence-corrected chi connectivity index (χ2v) is 8.48. The van der Waals surface area contributed by atoms with Crippen LogP contribution in [0, 0.1) is 6.92 Å². The number of benzene rings is 2. The molecule has 0 radical (unpaired) electrons. The van der Waals surface area contributed by atoms with Crippen LogP contribution in [0.15, 0.2) is 47.5 Å². The Bertz CT molecular complexity index is 1570. The van der Waals surface area contributed by atoms with Crippen molar-refractivity contribution in [3.05, 3.63) is 74.5 Å². The van der Waals surface area contributed by atoms with Gasteiger partial charge in [-0.25, -0.2) is 9.97 Å². The molecule has 0 amide bonds. The number of aromatic nitrogens is 6. The number of fused-ring (bicyclic) bond motifs is 2. The Morgan fingerprint density at radius 2 is 1.88 bits per heavy atom. The Balaban J connectivity index is 1.74. The summed E-state index contributed by atoms with van der Waals surface area (Å²) >= 11 is 12.5. The van der Waals surface area contributed by atoms with Gasteiger partial charge in [-0.2, -0.15) is 9.97 Å². The first-order valence-corrected chi connectivity index (χ1v) is 10.8. The molecule has 5 aromatic rings. The number of rotatable bonds is 4. The molecule has 4 N–H and O–H groups in total. The predicted molar refractivity (Wildman–Crippen MR) is 130 cm³/mol. The molecule has 0 saturated heterocycles. The van der Waals surface area contributed by atoms with Crippen molar-refractivity contribution in [3.8, 4) is 5.69 Å². The zero-order valence-corrected chi connectivity index (χ0v) is 19.1. The Morgan fingerprint density at radius 3 is 2.64 bits per heavy atom. The Morgan fingerprint density at radius 1 is 1.12 bits per heavy atom. The highest BCUT2D eigenvalue weighted by Gasteiger charge is 2.21. The Labute approximate surface area is 197 Å². The largest absolute Gasteiger partial charge is 0.368 e. The van der Waals surface area contributed by atoms with E-state index in [-0.39, 0.29) is 11.5 Å². The molecule has 166 valence electrons. The summed E-state index contributed by atoms with van der Waals surface area (Å²) in [5.41, 5.74) is 8.56. The van der Waals surface area contributed by atoms with E-state index in [1.807, 2.05) is 32.0 Å². The molecule has 0 aliphatic heterocycles. The molecular formula is C22H18Cl2N8O. The lowest BCUT2D eigenvalue weighted by Crippen LogP contribution is -2.28. The third-order valence-electron chi connectivity index (χ3n) is 5.27. The molecule has 11 heteroatoms. The minimum atomic E-state index is -0.477. The van der Waals surface area contributed by atoms with E-state index in [0.717, 1.165) is 5.56 Å². The maximum Gasteiger partial charge on any atom is 0.266 e. The van der Waals surface area contributed by atoms with E-state index in [4.69, 9.17) is 33.9 Å². The summed E-state index contributed by atoms with van der Waals surface area (Å²) in [5.74, 6) is 0.945. The molecule has 0 bridgehead atoms. The SMILES string of the molecule is Cc1cccc2nc(C(C)Nc3nc(N)nc4[nH]cnc34)n(-c3cc(Cl)cc(Cl)c3)c(=O)c12. The van der Waals surface area contributed by atoms with Crippen LogP contribution in [0.25, 0.3) is 27.8 Å². The fourth-order valence-electron chi connectivity index (χ4n) is 3.84. The van der Waals surface area contributed by atoms with Crippen molar-refractivity contribution in [2.45, 2.75) is 19.9 Å². The summed E-state index contributed by atoms with van der Waals surface area (Å²) < 4.78 is 1.51. The number of hydrogen-bond donors (Lipinski definition) is 3. The minimum Gasteiger partial charge on any atom is -0.368 e. The predicted octanol–water partition coefficient (Wildman–Crippen LogP) is 4.42. The standard InChI is InChI=1S/C22H18Cl2N8O/c1-10-4-3-5-15-16(10)21(33)32(14-7-12(23)6-13(24)8-14)20(29-15)11(2)28-19-17-18(27-9-26-17)30-22(25)31-19/h3-9,11H,1-2H3,(H4,25,26,27,28,30,31). The van der Waals surface area contributed by atoms with E-state index in [9.17, 15) is 4.79 Å². The fraction of sp³-hybridized carbons (Fsp3) is 0.136. The minimum absolute atomic E-state index is 0.0857. The quantitative estimate of drug-likeness (QED) is 0.347. The van der Waals surface area contributed by atoms with Gasteiger partial charge >= 0.3 is 0 Å². The van der Waals surface area contributed by atoms with E-state index < -0.39 is 6.04 Å². The van der Waals surface area contributed by atoms with Crippen LogP contribution in [0.5, 0.6) is 0 Å². The van der Waals surface area contributed by atoms with Gasteiger partial charge in [-0.1, -0.05) is 35.3 Å². The summed E-state index contributed by atoms with van der Waals surface area (Å²) in [6, 6.07) is 10.0. The smallest absolute Gasteiger partial charge is 0.266 e. The topological polar surface area (TPSA) is 127 Å². The second-order valence-electron chi connectivity index (χ2n) is 7.60. The van der Waals surface area contributed by atoms with Crippen LogP contribution in [0.3, 0.4) is 0 Å². The van der Waals surface area contributed by atoms with Gasteiger partial charge in [-0.05, 0) is 43.7 Å². The lowest BCUT2D eigenvalue weighted by Gasteiger charge is -2.21. The number of halogens is 2. The van der Waals surface area contributed by atoms with E-state index in [2.05, 4.69) is 25.3 Å². The highest BCUT2D eigenvalue weighted by atomic mass is 35.5. The number of nitrogen functional groups attached to an aromatic ring is 1. The number of anilines is 2. The number of nitrogens with zero attached hydrogens (tertiary/aromatic N) is 5. The first kappa shape index (κ1) is 21.2. The van der Waals surface area contributed by atoms with Gasteiger partial charge < -0.3 is 16.0 Å². The number of aryl methyl sites for hydroxylation is 1. The molecule has 2 aromatic carbocycles. The molecule has 5 rings (SSSR count). The fourth-order valence-corrected chi connectivity index (χ4v) is 4.36. The summed E-state index contributed by atoms with van der Waals surface area (Å²) in [6.45, 7) is 3.74. The van der Waals surface area contributed by atoms with Crippen molar-refractivity contribution >= 4 is 57.0 Å². The highest BCUT2D eigenvalue weighted by Crippen LogP contribution is 2.27. The average molecular weight is 481 g/mol. The third-order valence-corrected chi connectivity index (χ3v) is 5.71. The number of H-pyrrole nitrogens is 1. The first-order valence-electron chi connectivity index (χ1n) is 10.0. The summed E-state index contributed by atoms with van der Waals surface area (Å²) in [7, 11) is 0. The third kappa shape index (κ3) is 3.75. The number of aromatic amines is 1. The van der Waals surface area contributed by atoms with Crippen molar-refractivity contribution in [3.63, 3.8) is 0 Å². The van der Waals surface area contributed by atoms with Gasteiger partial charge in [0.2, 0.25) is 5.95 Å². The number of nitrogens with two attached hydrogens (primary N) is 1. The molecule has 1 atom stereocenters. The molecule has 1 unspecified atom stereocenters. The van der Waals surface area contributed by atoms with E-state index in [1.165, 1.54) is 10.9 Å². The van der Waals surface area contributed by atoms with Crippen molar-refractivity contribution in [1.82, 2.24) is 29.5 Å². The molecule has 33 heavy (non-hydrogen) atoms. The molecule has 3 aromatic heterocycles. The maximum atomic E-state index is 13.7. The molecule has 0 aliphatic rings. The van der Waals surface area contributed by atoms with Crippen LogP contribution in [-0.2, 0) is 0 Å². The zero-order chi connectivity index (χ0) is 23.3. The van der Waals surface area contributed by atoms with Crippen LogP contribution in [-0.4, -0.2) is 29.5 Å². The lowest BCUT2D eigenvalue weighted by atomic mass is 10.1. The molecule has 9 nitrogen and oxygen atoms in total.